The minimum Gasteiger partial charge on any atom is -0.493 e. The molecule has 0 aromatic heterocycles. The van der Waals surface area contributed by atoms with Gasteiger partial charge in [-0.2, -0.15) is 0 Å². The summed E-state index contributed by atoms with van der Waals surface area (Å²) < 4.78 is 18.8. The Morgan fingerprint density at radius 1 is 1.04 bits per heavy atom. The van der Waals surface area contributed by atoms with Gasteiger partial charge in [-0.15, -0.1) is 0 Å². The fraction of sp³-hybridized carbons (Fsp3) is 0.227. The van der Waals surface area contributed by atoms with Crippen LogP contribution in [0.25, 0.3) is 32.8 Å². The van der Waals surface area contributed by atoms with Gasteiger partial charge in [0.1, 0.15) is 0 Å². The highest BCUT2D eigenvalue weighted by Crippen LogP contribution is 2.43. The van der Waals surface area contributed by atoms with Crippen LogP contribution in [-0.2, 0) is 13.0 Å². The van der Waals surface area contributed by atoms with Crippen LogP contribution in [0, 0.1) is 0 Å². The van der Waals surface area contributed by atoms with Crippen molar-refractivity contribution in [2.75, 3.05) is 13.9 Å². The molecule has 6 rings (SSSR count). The smallest absolute Gasteiger partial charge is 0.231 e. The Morgan fingerprint density at radius 2 is 1.89 bits per heavy atom. The lowest BCUT2D eigenvalue weighted by molar-refractivity contribution is 0.174. The Bertz CT molecular complexity index is 1290. The molecule has 2 aromatic carbocycles. The molecule has 0 radical (unpaired) electrons. The van der Waals surface area contributed by atoms with Gasteiger partial charge in [-0.25, -0.2) is 0 Å². The van der Waals surface area contributed by atoms with Gasteiger partial charge in [-0.3, -0.25) is 4.79 Å². The van der Waals surface area contributed by atoms with Crippen molar-refractivity contribution in [3.05, 3.63) is 52.3 Å². The molecule has 5 heteroatoms. The molecule has 27 heavy (non-hydrogen) atoms. The standard InChI is InChI=1S/C22H17NO4/c1-25-17-7-6-13-14-5-4-12-9-18-19(27-11-26-18)10-15(12)21(14)23-8-2-3-16(23)20(13)22(17)24/h4-7,9-10H,2-3,8,11H2,1H3. The topological polar surface area (TPSA) is 49.7 Å². The number of fused-ring (bicyclic) bond motifs is 9. The lowest BCUT2D eigenvalue weighted by Gasteiger charge is -2.20. The van der Waals surface area contributed by atoms with Crippen molar-refractivity contribution in [3.63, 3.8) is 0 Å². The maximum Gasteiger partial charge on any atom is 0.231 e. The molecule has 1 aliphatic carbocycles. The lowest BCUT2D eigenvalue weighted by Crippen LogP contribution is -2.15. The second-order valence-electron chi connectivity index (χ2n) is 7.11. The van der Waals surface area contributed by atoms with Crippen LogP contribution in [0.4, 0.5) is 0 Å². The predicted octanol–water partition coefficient (Wildman–Crippen LogP) is 3.94. The Morgan fingerprint density at radius 3 is 2.74 bits per heavy atom. The molecule has 3 heterocycles. The van der Waals surface area contributed by atoms with Crippen LogP contribution in [0.2, 0.25) is 0 Å². The molecule has 4 aliphatic rings. The number of pyridine rings is 1. The Kier molecular flexibility index (Phi) is 2.85. The second-order valence-corrected chi connectivity index (χ2v) is 7.11. The van der Waals surface area contributed by atoms with Crippen LogP contribution in [0.5, 0.6) is 17.2 Å². The van der Waals surface area contributed by atoms with Crippen molar-refractivity contribution >= 4 is 21.7 Å². The van der Waals surface area contributed by atoms with E-state index in [4.69, 9.17) is 14.2 Å². The first kappa shape index (κ1) is 14.9. The molecule has 0 unspecified atom stereocenters. The molecule has 0 amide bonds. The summed E-state index contributed by atoms with van der Waals surface area (Å²) >= 11 is 0. The number of benzene rings is 3. The van der Waals surface area contributed by atoms with E-state index in [0.29, 0.717) is 5.75 Å². The van der Waals surface area contributed by atoms with Crippen molar-refractivity contribution in [1.29, 1.82) is 0 Å². The Labute approximate surface area is 155 Å². The number of methoxy groups -OCH3 is 1. The van der Waals surface area contributed by atoms with E-state index in [-0.39, 0.29) is 12.2 Å². The maximum atomic E-state index is 13.0. The molecule has 134 valence electrons. The second kappa shape index (κ2) is 5.16. The number of hydrogen-bond acceptors (Lipinski definition) is 4. The van der Waals surface area contributed by atoms with E-state index in [9.17, 15) is 4.79 Å². The number of aromatic nitrogens is 1. The van der Waals surface area contributed by atoms with E-state index < -0.39 is 0 Å². The van der Waals surface area contributed by atoms with Crippen LogP contribution in [0.1, 0.15) is 12.1 Å². The molecule has 3 aliphatic heterocycles. The lowest BCUT2D eigenvalue weighted by atomic mass is 9.93. The molecule has 0 bridgehead atoms. The highest BCUT2D eigenvalue weighted by molar-refractivity contribution is 6.12. The van der Waals surface area contributed by atoms with Crippen molar-refractivity contribution in [2.45, 2.75) is 19.4 Å². The molecule has 0 fully saturated rings. The molecular formula is C22H17NO4. The average Bonchev–Trinajstić information content (AvgIpc) is 3.34. The summed E-state index contributed by atoms with van der Waals surface area (Å²) in [6.07, 6.45) is 1.93. The first-order valence-corrected chi connectivity index (χ1v) is 9.15. The minimum atomic E-state index is -0.0201. The fourth-order valence-electron chi connectivity index (χ4n) is 4.62. The van der Waals surface area contributed by atoms with Gasteiger partial charge >= 0.3 is 0 Å². The van der Waals surface area contributed by atoms with Crippen LogP contribution in [0.15, 0.2) is 41.2 Å². The van der Waals surface area contributed by atoms with E-state index in [2.05, 4.69) is 22.8 Å². The zero-order valence-electron chi connectivity index (χ0n) is 14.9. The van der Waals surface area contributed by atoms with Gasteiger partial charge in [0.05, 0.1) is 18.2 Å². The number of aryl methyl sites for hydroxylation is 1. The van der Waals surface area contributed by atoms with E-state index in [1.165, 1.54) is 0 Å². The van der Waals surface area contributed by atoms with E-state index in [0.717, 1.165) is 69.4 Å². The highest BCUT2D eigenvalue weighted by Gasteiger charge is 2.26. The molecule has 0 N–H and O–H groups in total. The fourth-order valence-corrected chi connectivity index (χ4v) is 4.62. The third-order valence-electron chi connectivity index (χ3n) is 5.80. The largest absolute Gasteiger partial charge is 0.493 e. The molecule has 0 spiro atoms. The number of hydrogen-bond donors (Lipinski definition) is 0. The van der Waals surface area contributed by atoms with Gasteiger partial charge in [0, 0.05) is 23.0 Å². The molecular weight excluding hydrogens is 342 g/mol. The molecule has 5 nitrogen and oxygen atoms in total. The summed E-state index contributed by atoms with van der Waals surface area (Å²) in [5, 5.41) is 3.33. The molecule has 0 saturated heterocycles. The quantitative estimate of drug-likeness (QED) is 0.483. The first-order valence-electron chi connectivity index (χ1n) is 9.15. The van der Waals surface area contributed by atoms with Gasteiger partial charge in [0.15, 0.2) is 17.2 Å². The number of ether oxygens (including phenoxy) is 3. The zero-order chi connectivity index (χ0) is 18.1. The summed E-state index contributed by atoms with van der Waals surface area (Å²) in [4.78, 5) is 13.0. The average molecular weight is 359 g/mol. The van der Waals surface area contributed by atoms with E-state index in [1.807, 2.05) is 12.1 Å². The predicted molar refractivity (Wildman–Crippen MR) is 103 cm³/mol. The first-order chi connectivity index (χ1) is 13.3. The van der Waals surface area contributed by atoms with Crippen LogP contribution >= 0.6 is 0 Å². The van der Waals surface area contributed by atoms with E-state index in [1.54, 1.807) is 13.2 Å². The highest BCUT2D eigenvalue weighted by atomic mass is 16.7. The number of nitrogens with zero attached hydrogens (tertiary/aromatic N) is 1. The summed E-state index contributed by atoms with van der Waals surface area (Å²) in [6.45, 7) is 1.17. The minimum absolute atomic E-state index is 0.0201. The van der Waals surface area contributed by atoms with Gasteiger partial charge in [0.2, 0.25) is 12.2 Å². The summed E-state index contributed by atoms with van der Waals surface area (Å²) in [5.74, 6) is 1.97. The van der Waals surface area contributed by atoms with Crippen LogP contribution in [0.3, 0.4) is 0 Å². The third-order valence-corrected chi connectivity index (χ3v) is 5.80. The van der Waals surface area contributed by atoms with Gasteiger partial charge in [0.25, 0.3) is 0 Å². The van der Waals surface area contributed by atoms with Gasteiger partial charge in [-0.05, 0) is 48.1 Å². The molecule has 0 atom stereocenters. The normalized spacial score (nSPS) is 15.0. The monoisotopic (exact) mass is 359 g/mol. The van der Waals surface area contributed by atoms with Crippen LogP contribution in [-0.4, -0.2) is 18.5 Å². The molecule has 0 saturated carbocycles. The van der Waals surface area contributed by atoms with Gasteiger partial charge < -0.3 is 18.8 Å². The van der Waals surface area contributed by atoms with Crippen molar-refractivity contribution in [1.82, 2.24) is 4.57 Å². The summed E-state index contributed by atoms with van der Waals surface area (Å²) in [6, 6.07) is 12.1. The van der Waals surface area contributed by atoms with Crippen molar-refractivity contribution in [2.24, 2.45) is 0 Å². The van der Waals surface area contributed by atoms with Crippen molar-refractivity contribution in [3.8, 4) is 28.4 Å². The zero-order valence-corrected chi connectivity index (χ0v) is 14.9. The third kappa shape index (κ3) is 1.86. The van der Waals surface area contributed by atoms with E-state index >= 15 is 0 Å². The number of rotatable bonds is 1. The Balaban J connectivity index is 1.84. The summed E-state index contributed by atoms with van der Waals surface area (Å²) in [5.41, 5.74) is 4.03. The summed E-state index contributed by atoms with van der Waals surface area (Å²) in [7, 11) is 1.55. The van der Waals surface area contributed by atoms with Crippen LogP contribution < -0.4 is 19.6 Å². The molecule has 2 aromatic rings. The van der Waals surface area contributed by atoms with Crippen molar-refractivity contribution < 1.29 is 14.2 Å². The maximum absolute atomic E-state index is 13.0. The SMILES string of the molecule is COc1ccc2c3ccc4cc5c(cc4c3n3c(c-2c1=O)CCC3)OCO5. The van der Waals surface area contributed by atoms with Gasteiger partial charge in [-0.1, -0.05) is 12.1 Å². The Hall–Kier alpha value is -3.21.